The quantitative estimate of drug-likeness (QED) is 0.311. The zero-order chi connectivity index (χ0) is 14.3. The minimum Gasteiger partial charge on any atom is -0.502 e. The fourth-order valence-corrected chi connectivity index (χ4v) is 1.20. The molecular formula is C13H22N2O4. The second-order valence-corrected chi connectivity index (χ2v) is 3.66. The maximum absolute atomic E-state index is 11.4. The number of hydrogen-bond acceptors (Lipinski definition) is 4. The average Bonchev–Trinajstić information content (AvgIpc) is 2.38. The number of nitrogens with one attached hydrogen (secondary N) is 2. The SMILES string of the molecule is C=COCCCNC(=O)CC(=O)NCCCOC=C. The summed E-state index contributed by atoms with van der Waals surface area (Å²) < 4.78 is 9.79. The van der Waals surface area contributed by atoms with E-state index in [9.17, 15) is 9.59 Å². The molecule has 0 aromatic rings. The summed E-state index contributed by atoms with van der Waals surface area (Å²) in [7, 11) is 0. The van der Waals surface area contributed by atoms with E-state index in [1.165, 1.54) is 12.5 Å². The first-order valence-electron chi connectivity index (χ1n) is 6.19. The molecule has 2 amide bonds. The summed E-state index contributed by atoms with van der Waals surface area (Å²) in [5.74, 6) is -0.586. The fourth-order valence-electron chi connectivity index (χ4n) is 1.20. The van der Waals surface area contributed by atoms with Crippen molar-refractivity contribution in [2.45, 2.75) is 19.3 Å². The Bertz CT molecular complexity index is 264. The van der Waals surface area contributed by atoms with Gasteiger partial charge in [0.25, 0.3) is 0 Å². The van der Waals surface area contributed by atoms with Gasteiger partial charge in [0.05, 0.1) is 25.7 Å². The monoisotopic (exact) mass is 270 g/mol. The van der Waals surface area contributed by atoms with E-state index in [1.807, 2.05) is 0 Å². The van der Waals surface area contributed by atoms with Gasteiger partial charge in [0.15, 0.2) is 0 Å². The first kappa shape index (κ1) is 17.0. The van der Waals surface area contributed by atoms with E-state index in [4.69, 9.17) is 9.47 Å². The molecule has 0 spiro atoms. The van der Waals surface area contributed by atoms with Gasteiger partial charge in [0.1, 0.15) is 6.42 Å². The van der Waals surface area contributed by atoms with Gasteiger partial charge in [-0.15, -0.1) is 0 Å². The lowest BCUT2D eigenvalue weighted by atomic mass is 10.3. The zero-order valence-electron chi connectivity index (χ0n) is 11.2. The lowest BCUT2D eigenvalue weighted by Gasteiger charge is -2.06. The van der Waals surface area contributed by atoms with Crippen molar-refractivity contribution in [3.8, 4) is 0 Å². The first-order valence-corrected chi connectivity index (χ1v) is 6.19. The molecule has 0 fully saturated rings. The van der Waals surface area contributed by atoms with Gasteiger partial charge in [-0.1, -0.05) is 13.2 Å². The molecule has 6 nitrogen and oxygen atoms in total. The second kappa shape index (κ2) is 12.5. The number of rotatable bonds is 12. The molecule has 0 atom stereocenters. The summed E-state index contributed by atoms with van der Waals surface area (Å²) in [5, 5.41) is 5.26. The van der Waals surface area contributed by atoms with Crippen LogP contribution in [0.5, 0.6) is 0 Å². The molecule has 0 aliphatic heterocycles. The van der Waals surface area contributed by atoms with Gasteiger partial charge in [0.2, 0.25) is 11.8 Å². The topological polar surface area (TPSA) is 76.7 Å². The number of hydrogen-bond donors (Lipinski definition) is 2. The van der Waals surface area contributed by atoms with Crippen molar-refractivity contribution in [1.82, 2.24) is 10.6 Å². The molecule has 0 bridgehead atoms. The van der Waals surface area contributed by atoms with Crippen LogP contribution in [-0.2, 0) is 19.1 Å². The Hall–Kier alpha value is -1.98. The highest BCUT2D eigenvalue weighted by atomic mass is 16.5. The minimum absolute atomic E-state index is 0.162. The van der Waals surface area contributed by atoms with Crippen molar-refractivity contribution in [1.29, 1.82) is 0 Å². The van der Waals surface area contributed by atoms with Crippen LogP contribution in [0.3, 0.4) is 0 Å². The molecule has 0 rings (SSSR count). The van der Waals surface area contributed by atoms with E-state index in [0.29, 0.717) is 39.1 Å². The largest absolute Gasteiger partial charge is 0.502 e. The summed E-state index contributed by atoms with van der Waals surface area (Å²) in [6.07, 6.45) is 3.90. The third-order valence-electron chi connectivity index (χ3n) is 2.08. The van der Waals surface area contributed by atoms with Crippen LogP contribution < -0.4 is 10.6 Å². The van der Waals surface area contributed by atoms with Gasteiger partial charge in [-0.2, -0.15) is 0 Å². The molecule has 6 heteroatoms. The molecule has 0 unspecified atom stereocenters. The predicted octanol–water partition coefficient (Wildman–Crippen LogP) is 0.709. The van der Waals surface area contributed by atoms with E-state index in [0.717, 1.165) is 0 Å². The van der Waals surface area contributed by atoms with Crippen molar-refractivity contribution in [3.05, 3.63) is 25.7 Å². The Balaban J connectivity index is 3.44. The van der Waals surface area contributed by atoms with E-state index in [-0.39, 0.29) is 18.2 Å². The van der Waals surface area contributed by atoms with Gasteiger partial charge < -0.3 is 20.1 Å². The Morgan fingerprint density at radius 1 is 0.895 bits per heavy atom. The summed E-state index contributed by atoms with van der Waals surface area (Å²) in [6.45, 7) is 8.76. The van der Waals surface area contributed by atoms with Crippen LogP contribution >= 0.6 is 0 Å². The highest BCUT2D eigenvalue weighted by Gasteiger charge is 2.07. The minimum atomic E-state index is -0.293. The lowest BCUT2D eigenvalue weighted by Crippen LogP contribution is -2.33. The van der Waals surface area contributed by atoms with Crippen molar-refractivity contribution < 1.29 is 19.1 Å². The van der Waals surface area contributed by atoms with E-state index in [1.54, 1.807) is 0 Å². The standard InChI is InChI=1S/C13H22N2O4/c1-3-18-9-5-7-14-12(16)11-13(17)15-8-6-10-19-4-2/h3-4H,1-2,5-11H2,(H,14,16)(H,15,17). The fraction of sp³-hybridized carbons (Fsp3) is 0.538. The average molecular weight is 270 g/mol. The third-order valence-corrected chi connectivity index (χ3v) is 2.08. The molecular weight excluding hydrogens is 248 g/mol. The smallest absolute Gasteiger partial charge is 0.229 e. The van der Waals surface area contributed by atoms with E-state index in [2.05, 4.69) is 23.8 Å². The van der Waals surface area contributed by atoms with Gasteiger partial charge in [-0.05, 0) is 12.8 Å². The summed E-state index contributed by atoms with van der Waals surface area (Å²) in [6, 6.07) is 0. The molecule has 2 N–H and O–H groups in total. The van der Waals surface area contributed by atoms with Gasteiger partial charge >= 0.3 is 0 Å². The van der Waals surface area contributed by atoms with E-state index < -0.39 is 0 Å². The van der Waals surface area contributed by atoms with Crippen LogP contribution in [0.2, 0.25) is 0 Å². The molecule has 0 aromatic carbocycles. The molecule has 0 saturated carbocycles. The third kappa shape index (κ3) is 12.3. The Labute approximate surface area is 113 Å². The van der Waals surface area contributed by atoms with Crippen molar-refractivity contribution >= 4 is 11.8 Å². The first-order chi connectivity index (χ1) is 9.20. The molecule has 0 aliphatic carbocycles. The summed E-state index contributed by atoms with van der Waals surface area (Å²) >= 11 is 0. The molecule has 0 aromatic heterocycles. The molecule has 0 heterocycles. The number of amides is 2. The Morgan fingerprint density at radius 2 is 1.32 bits per heavy atom. The van der Waals surface area contributed by atoms with Crippen LogP contribution in [0.4, 0.5) is 0 Å². The molecule has 108 valence electrons. The van der Waals surface area contributed by atoms with Crippen LogP contribution in [-0.4, -0.2) is 38.1 Å². The van der Waals surface area contributed by atoms with Crippen molar-refractivity contribution in [2.75, 3.05) is 26.3 Å². The summed E-state index contributed by atoms with van der Waals surface area (Å²) in [5.41, 5.74) is 0. The van der Waals surface area contributed by atoms with Crippen LogP contribution in [0.15, 0.2) is 25.7 Å². The Kier molecular flexibility index (Phi) is 11.2. The number of ether oxygens (including phenoxy) is 2. The van der Waals surface area contributed by atoms with Crippen LogP contribution in [0, 0.1) is 0 Å². The maximum atomic E-state index is 11.4. The highest BCUT2D eigenvalue weighted by Crippen LogP contribution is 1.86. The van der Waals surface area contributed by atoms with E-state index >= 15 is 0 Å². The molecule has 0 saturated heterocycles. The van der Waals surface area contributed by atoms with Gasteiger partial charge in [0, 0.05) is 13.1 Å². The van der Waals surface area contributed by atoms with Crippen LogP contribution in [0.25, 0.3) is 0 Å². The van der Waals surface area contributed by atoms with Crippen molar-refractivity contribution in [3.63, 3.8) is 0 Å². The van der Waals surface area contributed by atoms with Crippen LogP contribution in [0.1, 0.15) is 19.3 Å². The lowest BCUT2D eigenvalue weighted by molar-refractivity contribution is -0.129. The van der Waals surface area contributed by atoms with Gasteiger partial charge in [-0.3, -0.25) is 9.59 Å². The predicted molar refractivity (Wildman–Crippen MR) is 72.2 cm³/mol. The zero-order valence-corrected chi connectivity index (χ0v) is 11.2. The molecule has 0 radical (unpaired) electrons. The molecule has 19 heavy (non-hydrogen) atoms. The summed E-state index contributed by atoms with van der Waals surface area (Å²) in [4.78, 5) is 22.7. The Morgan fingerprint density at radius 3 is 1.68 bits per heavy atom. The van der Waals surface area contributed by atoms with Crippen molar-refractivity contribution in [2.24, 2.45) is 0 Å². The van der Waals surface area contributed by atoms with Gasteiger partial charge in [-0.25, -0.2) is 0 Å². The molecule has 0 aliphatic rings. The second-order valence-electron chi connectivity index (χ2n) is 3.66. The highest BCUT2D eigenvalue weighted by molar-refractivity contribution is 5.96. The maximum Gasteiger partial charge on any atom is 0.229 e. The number of carbonyl (C=O) groups is 2. The normalized spacial score (nSPS) is 9.26. The number of carbonyl (C=O) groups excluding carboxylic acids is 2.